The second-order valence-electron chi connectivity index (χ2n) is 7.29. The van der Waals surface area contributed by atoms with Crippen molar-refractivity contribution in [2.24, 2.45) is 0 Å². The van der Waals surface area contributed by atoms with E-state index in [0.717, 1.165) is 26.6 Å². The molecule has 1 amide bonds. The fourth-order valence-electron chi connectivity index (χ4n) is 3.65. The maximum Gasteiger partial charge on any atom is 0.305 e. The summed E-state index contributed by atoms with van der Waals surface area (Å²) in [7, 11) is 0. The third kappa shape index (κ3) is 4.51. The van der Waals surface area contributed by atoms with Crippen LogP contribution in [0, 0.1) is 6.92 Å². The molecule has 31 heavy (non-hydrogen) atoms. The van der Waals surface area contributed by atoms with E-state index in [1.54, 1.807) is 18.5 Å². The molecule has 1 atom stereocenters. The van der Waals surface area contributed by atoms with Crippen molar-refractivity contribution < 1.29 is 14.7 Å². The standard InChI is InChI=1S/C24H20BrN3O3/c1-15-11-17(25)7-9-19(15)24(31)27-18-8-10-20-22(12-18)28(14-26-20)21(13-23(29)30)16-5-3-2-4-6-16/h2-12,14,21H,13H2,1H3,(H,27,31)(H,29,30). The zero-order valence-electron chi connectivity index (χ0n) is 16.7. The second kappa shape index (κ2) is 8.73. The summed E-state index contributed by atoms with van der Waals surface area (Å²) in [5.74, 6) is -1.11. The minimum absolute atomic E-state index is 0.0792. The molecule has 0 spiro atoms. The molecular formula is C24H20BrN3O3. The number of carboxylic acids is 1. The summed E-state index contributed by atoms with van der Waals surface area (Å²) < 4.78 is 2.76. The maximum absolute atomic E-state index is 12.8. The molecule has 0 saturated heterocycles. The minimum atomic E-state index is -0.897. The molecule has 0 aliphatic heterocycles. The normalized spacial score (nSPS) is 11.9. The first-order valence-electron chi connectivity index (χ1n) is 9.73. The highest BCUT2D eigenvalue weighted by molar-refractivity contribution is 9.10. The molecule has 0 saturated carbocycles. The minimum Gasteiger partial charge on any atom is -0.481 e. The van der Waals surface area contributed by atoms with Gasteiger partial charge in [-0.1, -0.05) is 46.3 Å². The van der Waals surface area contributed by atoms with Crippen LogP contribution in [0.25, 0.3) is 11.0 Å². The van der Waals surface area contributed by atoms with Crippen LogP contribution in [0.5, 0.6) is 0 Å². The Labute approximate surface area is 187 Å². The SMILES string of the molecule is Cc1cc(Br)ccc1C(=O)Nc1ccc2ncn(C(CC(=O)O)c3ccccc3)c2c1. The number of nitrogens with zero attached hydrogens (tertiary/aromatic N) is 2. The highest BCUT2D eigenvalue weighted by Crippen LogP contribution is 2.28. The number of anilines is 1. The van der Waals surface area contributed by atoms with Crippen molar-refractivity contribution in [3.8, 4) is 0 Å². The summed E-state index contributed by atoms with van der Waals surface area (Å²) in [6.07, 6.45) is 1.57. The first-order valence-corrected chi connectivity index (χ1v) is 10.5. The molecule has 0 aliphatic carbocycles. The van der Waals surface area contributed by atoms with Crippen molar-refractivity contribution in [1.82, 2.24) is 9.55 Å². The Kier molecular flexibility index (Phi) is 5.86. The maximum atomic E-state index is 12.8. The van der Waals surface area contributed by atoms with Gasteiger partial charge in [-0.2, -0.15) is 0 Å². The fourth-order valence-corrected chi connectivity index (χ4v) is 4.13. The van der Waals surface area contributed by atoms with Gasteiger partial charge in [-0.3, -0.25) is 9.59 Å². The number of benzene rings is 3. The number of imidazole rings is 1. The van der Waals surface area contributed by atoms with Crippen molar-refractivity contribution in [3.05, 3.63) is 94.2 Å². The number of carboxylic acid groups (broad SMARTS) is 1. The Balaban J connectivity index is 1.70. The average Bonchev–Trinajstić information content (AvgIpc) is 3.15. The van der Waals surface area contributed by atoms with E-state index in [0.29, 0.717) is 11.3 Å². The number of nitrogens with one attached hydrogen (secondary N) is 1. The van der Waals surface area contributed by atoms with Gasteiger partial charge in [0.15, 0.2) is 0 Å². The molecule has 1 heterocycles. The molecule has 0 fully saturated rings. The third-order valence-electron chi connectivity index (χ3n) is 5.15. The molecule has 0 bridgehead atoms. The number of fused-ring (bicyclic) bond motifs is 1. The van der Waals surface area contributed by atoms with Gasteiger partial charge in [-0.05, 0) is 54.4 Å². The van der Waals surface area contributed by atoms with Gasteiger partial charge >= 0.3 is 5.97 Å². The third-order valence-corrected chi connectivity index (χ3v) is 5.65. The van der Waals surface area contributed by atoms with Gasteiger partial charge in [-0.25, -0.2) is 4.98 Å². The Morgan fingerprint density at radius 2 is 1.87 bits per heavy atom. The number of amides is 1. The molecule has 1 unspecified atom stereocenters. The van der Waals surface area contributed by atoms with Crippen LogP contribution >= 0.6 is 15.9 Å². The molecule has 156 valence electrons. The molecule has 7 heteroatoms. The molecule has 4 rings (SSSR count). The van der Waals surface area contributed by atoms with Crippen LogP contribution in [0.1, 0.15) is 33.9 Å². The number of halogens is 1. The molecular weight excluding hydrogens is 458 g/mol. The Morgan fingerprint density at radius 1 is 1.10 bits per heavy atom. The predicted molar refractivity (Wildman–Crippen MR) is 123 cm³/mol. The number of carbonyl (C=O) groups excluding carboxylic acids is 1. The zero-order chi connectivity index (χ0) is 22.0. The average molecular weight is 478 g/mol. The number of aromatic nitrogens is 2. The summed E-state index contributed by atoms with van der Waals surface area (Å²) in [6, 6.07) is 20.0. The van der Waals surface area contributed by atoms with Gasteiger partial charge < -0.3 is 15.0 Å². The summed E-state index contributed by atoms with van der Waals surface area (Å²) >= 11 is 3.41. The van der Waals surface area contributed by atoms with Gasteiger partial charge in [0.1, 0.15) is 0 Å². The number of rotatable bonds is 6. The highest BCUT2D eigenvalue weighted by atomic mass is 79.9. The zero-order valence-corrected chi connectivity index (χ0v) is 18.3. The largest absolute Gasteiger partial charge is 0.481 e. The van der Waals surface area contributed by atoms with Crippen LogP contribution in [0.2, 0.25) is 0 Å². The smallest absolute Gasteiger partial charge is 0.305 e. The lowest BCUT2D eigenvalue weighted by Gasteiger charge is -2.18. The van der Waals surface area contributed by atoms with Crippen LogP contribution in [0.15, 0.2) is 77.5 Å². The number of aliphatic carboxylic acids is 1. The molecule has 0 radical (unpaired) electrons. The van der Waals surface area contributed by atoms with Gasteiger partial charge in [0.2, 0.25) is 0 Å². The van der Waals surface area contributed by atoms with E-state index < -0.39 is 12.0 Å². The summed E-state index contributed by atoms with van der Waals surface area (Å²) in [5.41, 5.74) is 4.42. The van der Waals surface area contributed by atoms with Crippen LogP contribution in [0.3, 0.4) is 0 Å². The lowest BCUT2D eigenvalue weighted by molar-refractivity contribution is -0.137. The number of aryl methyl sites for hydroxylation is 1. The first-order chi connectivity index (χ1) is 14.9. The van der Waals surface area contributed by atoms with Crippen molar-refractivity contribution in [1.29, 1.82) is 0 Å². The van der Waals surface area contributed by atoms with Gasteiger partial charge in [0.25, 0.3) is 5.91 Å². The molecule has 4 aromatic rings. The first kappa shape index (κ1) is 20.8. The Morgan fingerprint density at radius 3 is 2.58 bits per heavy atom. The van der Waals surface area contributed by atoms with Crippen LogP contribution < -0.4 is 5.32 Å². The summed E-state index contributed by atoms with van der Waals surface area (Å²) in [5, 5.41) is 12.4. The van der Waals surface area contributed by atoms with Gasteiger partial charge in [-0.15, -0.1) is 0 Å². The quantitative estimate of drug-likeness (QED) is 0.388. The lowest BCUT2D eigenvalue weighted by Crippen LogP contribution is -2.15. The van der Waals surface area contributed by atoms with E-state index in [1.807, 2.05) is 66.1 Å². The molecule has 3 aromatic carbocycles. The molecule has 1 aromatic heterocycles. The number of hydrogen-bond donors (Lipinski definition) is 2. The van der Waals surface area contributed by atoms with Crippen LogP contribution in [-0.4, -0.2) is 26.5 Å². The van der Waals surface area contributed by atoms with Crippen LogP contribution in [-0.2, 0) is 4.79 Å². The fraction of sp³-hybridized carbons (Fsp3) is 0.125. The van der Waals surface area contributed by atoms with Crippen molar-refractivity contribution >= 4 is 44.5 Å². The Hall–Kier alpha value is -3.45. The molecule has 0 aliphatic rings. The summed E-state index contributed by atoms with van der Waals surface area (Å²) in [4.78, 5) is 28.8. The van der Waals surface area contributed by atoms with Crippen molar-refractivity contribution in [2.45, 2.75) is 19.4 Å². The second-order valence-corrected chi connectivity index (χ2v) is 8.21. The van der Waals surface area contributed by atoms with E-state index in [4.69, 9.17) is 0 Å². The van der Waals surface area contributed by atoms with E-state index in [2.05, 4.69) is 26.2 Å². The topological polar surface area (TPSA) is 84.2 Å². The van der Waals surface area contributed by atoms with Crippen molar-refractivity contribution in [3.63, 3.8) is 0 Å². The molecule has 6 nitrogen and oxygen atoms in total. The lowest BCUT2D eigenvalue weighted by atomic mass is 10.0. The van der Waals surface area contributed by atoms with E-state index in [9.17, 15) is 14.7 Å². The Bertz CT molecular complexity index is 1270. The van der Waals surface area contributed by atoms with E-state index in [-0.39, 0.29) is 12.3 Å². The number of carbonyl (C=O) groups is 2. The predicted octanol–water partition coefficient (Wildman–Crippen LogP) is 5.42. The van der Waals surface area contributed by atoms with Gasteiger partial charge in [0, 0.05) is 15.7 Å². The van der Waals surface area contributed by atoms with Crippen molar-refractivity contribution in [2.75, 3.05) is 5.32 Å². The highest BCUT2D eigenvalue weighted by Gasteiger charge is 2.20. The van der Waals surface area contributed by atoms with E-state index in [1.165, 1.54) is 0 Å². The van der Waals surface area contributed by atoms with Crippen LogP contribution in [0.4, 0.5) is 5.69 Å². The number of hydrogen-bond acceptors (Lipinski definition) is 3. The van der Waals surface area contributed by atoms with E-state index >= 15 is 0 Å². The molecule has 2 N–H and O–H groups in total. The van der Waals surface area contributed by atoms with Gasteiger partial charge in [0.05, 0.1) is 29.8 Å². The summed E-state index contributed by atoms with van der Waals surface area (Å²) in [6.45, 7) is 1.88. The monoisotopic (exact) mass is 477 g/mol.